The summed E-state index contributed by atoms with van der Waals surface area (Å²) >= 11 is 0. The van der Waals surface area contributed by atoms with Crippen molar-refractivity contribution in [1.82, 2.24) is 30.0 Å². The molecule has 2 aromatic heterocycles. The van der Waals surface area contributed by atoms with Gasteiger partial charge in [-0.1, -0.05) is 85.5 Å². The first kappa shape index (κ1) is 82.6. The highest BCUT2D eigenvalue weighted by Crippen LogP contribution is 2.50. The van der Waals surface area contributed by atoms with E-state index >= 15 is 0 Å². The van der Waals surface area contributed by atoms with Gasteiger partial charge >= 0.3 is 35.9 Å². The van der Waals surface area contributed by atoms with Crippen LogP contribution in [0.5, 0.6) is 0 Å². The number of ether oxygens (including phenoxy) is 7. The number of H-pyrrole nitrogens is 1. The molecule has 34 nitrogen and oxygen atoms in total. The monoisotopic (exact) mass is 1540 g/mol. The highest BCUT2D eigenvalue weighted by Gasteiger charge is 2.45. The van der Waals surface area contributed by atoms with Gasteiger partial charge in [-0.05, 0) is 86.9 Å². The normalized spacial score (nSPS) is 19.2. The van der Waals surface area contributed by atoms with Gasteiger partial charge in [0.1, 0.15) is 55.9 Å². The fraction of sp³-hybridized carbons (Fsp3) is 0.478. The van der Waals surface area contributed by atoms with Crippen LogP contribution >= 0.6 is 24.2 Å². The molecule has 0 spiro atoms. The van der Waals surface area contributed by atoms with Crippen molar-refractivity contribution in [3.05, 3.63) is 192 Å². The fourth-order valence-corrected chi connectivity index (χ4v) is 14.3. The maximum Gasteiger partial charge on any atom is 0.547 e. The number of rotatable bonds is 44. The third-order valence-corrected chi connectivity index (χ3v) is 20.2. The molecule has 1 saturated heterocycles. The summed E-state index contributed by atoms with van der Waals surface area (Å²) in [5, 5.41) is 31.9. The molecule has 576 valence electrons. The summed E-state index contributed by atoms with van der Waals surface area (Å²) in [5.41, 5.74) is 5.17. The fourth-order valence-electron chi connectivity index (χ4n) is 12.2. The van der Waals surface area contributed by atoms with Crippen molar-refractivity contribution >= 4 is 64.1 Å². The van der Waals surface area contributed by atoms with Crippen LogP contribution in [0.3, 0.4) is 0 Å². The molecule has 9 rings (SSSR count). The van der Waals surface area contributed by atoms with Crippen LogP contribution in [0, 0.1) is 17.0 Å². The van der Waals surface area contributed by atoms with Gasteiger partial charge in [-0.3, -0.25) is 38.5 Å². The Morgan fingerprint density at radius 2 is 1.42 bits per heavy atom. The number of para-hydroxylation sites is 3. The summed E-state index contributed by atoms with van der Waals surface area (Å²) in [6, 6.07) is 25.5. The van der Waals surface area contributed by atoms with Crippen LogP contribution in [0.4, 0.5) is 21.9 Å². The number of aliphatic hydroxyl groups excluding tert-OH is 1. The number of phosphoric ester groups is 3. The number of alkyl carbamates (subject to hydrolysis) is 1. The van der Waals surface area contributed by atoms with Crippen molar-refractivity contribution in [3.63, 3.8) is 0 Å². The first-order valence-electron chi connectivity index (χ1n) is 34.3. The number of aromatic nitrogens is 5. The van der Waals surface area contributed by atoms with E-state index in [9.17, 15) is 58.6 Å². The molecule has 4 aromatic carbocycles. The number of nitro groups is 1. The zero-order chi connectivity index (χ0) is 76.1. The lowest BCUT2D eigenvalue weighted by molar-refractivity contribution is -0.438. The molecule has 5 heterocycles. The predicted molar refractivity (Wildman–Crippen MR) is 383 cm³/mol. The van der Waals surface area contributed by atoms with Gasteiger partial charge in [0.25, 0.3) is 11.2 Å². The number of benzene rings is 4. The first-order valence-corrected chi connectivity index (χ1v) is 38.8. The van der Waals surface area contributed by atoms with Gasteiger partial charge in [-0.2, -0.15) is 32.5 Å². The second kappa shape index (κ2) is 38.6. The SMILES string of the molecule is Cc1cn([C@H]2C[C@H](NC(=O)OC(C)c3cc(CO[P+]([O-])(O)OCCOCCOCCOCCOCCOCCO[P+]([O-])(O)OCCC[N+]4=C(C=CC=CC=C5N(CCCO)c6ccccc6C5(C)C)C(C)(C)c5ccccc54)ccc3[N+](=O)[O-])[C@@H](COP(=O)(O)On3nnc4ccccc43)O2)c(=O)[nH]c1=O. The summed E-state index contributed by atoms with van der Waals surface area (Å²) in [4.78, 5) is 112. The Kier molecular flexibility index (Phi) is 30.0. The van der Waals surface area contributed by atoms with Crippen LogP contribution in [0.25, 0.3) is 11.0 Å². The number of carbonyl (C=O) groups excluding carboxylic acids is 1. The topological polar surface area (TPSA) is 428 Å². The Balaban J connectivity index is 0.599. The lowest BCUT2D eigenvalue weighted by atomic mass is 9.81. The maximum atomic E-state index is 13.5. The average Bonchev–Trinajstić information content (AvgIpc) is 1.60. The van der Waals surface area contributed by atoms with Gasteiger partial charge in [-0.15, -0.1) is 5.10 Å². The summed E-state index contributed by atoms with van der Waals surface area (Å²) in [6.07, 6.45) is 7.60. The van der Waals surface area contributed by atoms with Gasteiger partial charge in [-0.25, -0.2) is 14.2 Å². The molecular formula is C69H91N9O25P3+. The number of fused-ring (bicyclic) bond motifs is 3. The largest absolute Gasteiger partial charge is 0.606 e. The Morgan fingerprint density at radius 1 is 0.811 bits per heavy atom. The molecule has 3 aliphatic heterocycles. The van der Waals surface area contributed by atoms with Crippen molar-refractivity contribution in [3.8, 4) is 0 Å². The zero-order valence-corrected chi connectivity index (χ0v) is 62.3. The van der Waals surface area contributed by atoms with Crippen LogP contribution in [-0.2, 0) is 77.8 Å². The van der Waals surface area contributed by atoms with Crippen LogP contribution in [0.1, 0.15) is 94.0 Å². The van der Waals surface area contributed by atoms with E-state index in [2.05, 4.69) is 106 Å². The van der Waals surface area contributed by atoms with Crippen LogP contribution < -0.4 is 35.9 Å². The lowest BCUT2D eigenvalue weighted by Crippen LogP contribution is -2.43. The number of nitrogens with one attached hydrogen (secondary N) is 2. The Morgan fingerprint density at radius 3 is 2.09 bits per heavy atom. The molecule has 37 heteroatoms. The van der Waals surface area contributed by atoms with E-state index in [0.29, 0.717) is 29.7 Å². The number of nitrogens with zero attached hydrogens (tertiary/aromatic N) is 7. The molecule has 6 aromatic rings. The quantitative estimate of drug-likeness (QED) is 0.00615. The molecule has 1 fully saturated rings. The van der Waals surface area contributed by atoms with E-state index < -0.39 is 89.8 Å². The predicted octanol–water partition coefficient (Wildman–Crippen LogP) is 6.24. The minimum Gasteiger partial charge on any atom is -0.606 e. The second-order valence-electron chi connectivity index (χ2n) is 25.6. The maximum absolute atomic E-state index is 13.5. The average molecular weight is 1540 g/mol. The standard InChI is InChI=1S/C69H90N9O25P3/c1-49-46-76(66(81)71-65(49)80)64-45-56(61(102-64)48-100-106(89,90)103-77-60-23-15-12-20-55(60)72-73-77)70-67(82)101-50(2)52-44-51(26-27-57(52)78(83)84)47-99-105(87,88)98-43-41-95-39-37-93-35-33-91-32-34-92-36-38-94-40-42-97-104(85,86)96-31-17-29-75-59-22-14-11-19-54(59)69(5,6)63(75)25-9-7-8-24-62-68(3,4)53-18-10-13-21-58(53)74(62)28-16-30-79/h7-15,18-27,44,46,50,56,61,64,79H,16-17,28-43,45,47-48H2,1-6H3,(H4-,70,71,80,81,82,85,86,87,88,89,90)/p+1/t50?,56-,61+,64+/m0/s1. The highest BCUT2D eigenvalue weighted by atomic mass is 31.2. The molecule has 0 bridgehead atoms. The summed E-state index contributed by atoms with van der Waals surface area (Å²) in [6.45, 7) is 12.8. The number of allylic oxidation sites excluding steroid dienone is 6. The molecule has 0 radical (unpaired) electrons. The number of carbonyl (C=O) groups is 1. The van der Waals surface area contributed by atoms with Gasteiger partial charge in [0.15, 0.2) is 12.3 Å². The van der Waals surface area contributed by atoms with E-state index in [1.165, 1.54) is 55.1 Å². The van der Waals surface area contributed by atoms with Crippen LogP contribution in [0.2, 0.25) is 0 Å². The molecule has 0 aliphatic carbocycles. The van der Waals surface area contributed by atoms with Gasteiger partial charge in [0, 0.05) is 78.3 Å². The number of amides is 1. The third kappa shape index (κ3) is 22.8. The number of aryl methyl sites for hydroxylation is 1. The number of nitro benzene ring substituents is 1. The number of phosphoric acid groups is 3. The van der Waals surface area contributed by atoms with E-state index in [1.54, 1.807) is 18.2 Å². The molecule has 4 unspecified atom stereocenters. The lowest BCUT2D eigenvalue weighted by Gasteiger charge is -2.26. The van der Waals surface area contributed by atoms with Gasteiger partial charge < -0.3 is 58.3 Å². The summed E-state index contributed by atoms with van der Waals surface area (Å²) in [5.74, 6) is 0. The Bertz CT molecular complexity index is 4240. The minimum absolute atomic E-state index is 0.0157. The molecule has 1 amide bonds. The first-order chi connectivity index (χ1) is 50.7. The zero-order valence-electron chi connectivity index (χ0n) is 59.6. The minimum atomic E-state index is -4.98. The number of aromatic amines is 1. The molecule has 3 aliphatic rings. The third-order valence-electron chi connectivity index (χ3n) is 17.4. The van der Waals surface area contributed by atoms with Crippen molar-refractivity contribution in [1.29, 1.82) is 0 Å². The van der Waals surface area contributed by atoms with Crippen LogP contribution in [-0.4, -0.2) is 190 Å². The van der Waals surface area contributed by atoms with E-state index in [-0.39, 0.29) is 132 Å². The molecule has 0 saturated carbocycles. The van der Waals surface area contributed by atoms with Crippen LogP contribution in [0.15, 0.2) is 143 Å². The van der Waals surface area contributed by atoms with Gasteiger partial charge in [0.05, 0.1) is 94.6 Å². The number of aliphatic hydroxyl groups is 1. The second-order valence-corrected chi connectivity index (χ2v) is 29.8. The van der Waals surface area contributed by atoms with E-state index in [1.807, 2.05) is 30.4 Å². The molecule has 106 heavy (non-hydrogen) atoms. The molecule has 7 atom stereocenters. The number of anilines is 1. The van der Waals surface area contributed by atoms with Crippen molar-refractivity contribution in [2.24, 2.45) is 0 Å². The number of hydrogen-bond acceptors (Lipinski definition) is 27. The molecule has 6 N–H and O–H groups in total. The van der Waals surface area contributed by atoms with Crippen molar-refractivity contribution < 1.29 is 109 Å². The summed E-state index contributed by atoms with van der Waals surface area (Å²) in [7, 11) is -14.0. The number of hydrogen-bond donors (Lipinski definition) is 6. The van der Waals surface area contributed by atoms with E-state index in [4.69, 9.17) is 60.4 Å². The van der Waals surface area contributed by atoms with E-state index in [0.717, 1.165) is 34.3 Å². The summed E-state index contributed by atoms with van der Waals surface area (Å²) < 4.78 is 86.4. The van der Waals surface area contributed by atoms with Gasteiger partial charge in [0.2, 0.25) is 5.69 Å². The Hall–Kier alpha value is -7.47. The van der Waals surface area contributed by atoms with Crippen molar-refractivity contribution in [2.45, 2.75) is 103 Å². The smallest absolute Gasteiger partial charge is 0.547 e. The van der Waals surface area contributed by atoms with Crippen molar-refractivity contribution in [2.75, 3.05) is 117 Å². The highest BCUT2D eigenvalue weighted by molar-refractivity contribution is 7.53. The Labute approximate surface area is 612 Å². The molecular weight excluding hydrogens is 1450 g/mol.